The van der Waals surface area contributed by atoms with Gasteiger partial charge in [-0.1, -0.05) is 0 Å². The molecule has 6 heterocycles. The second kappa shape index (κ2) is 7.89. The number of hydrogen-bond acceptors (Lipinski definition) is 7. The number of rotatable bonds is 3. The predicted octanol–water partition coefficient (Wildman–Crippen LogP) is 4.09. The van der Waals surface area contributed by atoms with E-state index in [9.17, 15) is 9.90 Å². The maximum atomic E-state index is 15.7. The highest BCUT2D eigenvalue weighted by molar-refractivity contribution is 6.00. The van der Waals surface area contributed by atoms with Crippen LogP contribution in [0, 0.1) is 12.7 Å². The Morgan fingerprint density at radius 3 is 2.81 bits per heavy atom. The molecule has 0 aromatic carbocycles. The van der Waals surface area contributed by atoms with Gasteiger partial charge in [0.2, 0.25) is 5.88 Å². The molecule has 5 unspecified atom stereocenters. The highest BCUT2D eigenvalue weighted by Crippen LogP contribution is 2.56. The van der Waals surface area contributed by atoms with Gasteiger partial charge in [0.25, 0.3) is 0 Å². The fraction of sp³-hybridized carbons (Fsp3) is 0.654. The molecule has 5 atom stereocenters. The molecule has 7 rings (SSSR count). The van der Waals surface area contributed by atoms with E-state index in [1.807, 2.05) is 13.8 Å². The molecule has 4 fully saturated rings. The van der Waals surface area contributed by atoms with Gasteiger partial charge < -0.3 is 24.2 Å². The Hall–Kier alpha value is -2.72. The molecule has 2 bridgehead atoms. The zero-order chi connectivity index (χ0) is 24.8. The number of pyridine rings is 2. The summed E-state index contributed by atoms with van der Waals surface area (Å²) in [7, 11) is 0. The van der Waals surface area contributed by atoms with Crippen molar-refractivity contribution in [3.05, 3.63) is 23.3 Å². The summed E-state index contributed by atoms with van der Waals surface area (Å²) in [6.45, 7) is 5.04. The molecule has 1 saturated carbocycles. The fourth-order valence-corrected chi connectivity index (χ4v) is 7.15. The lowest BCUT2D eigenvalue weighted by atomic mass is 9.96. The number of hydrogen-bond donors (Lipinski definition) is 1. The molecule has 1 amide bonds. The summed E-state index contributed by atoms with van der Waals surface area (Å²) in [5, 5.41) is 10.9. The molecule has 36 heavy (non-hydrogen) atoms. The van der Waals surface area contributed by atoms with Gasteiger partial charge in [-0.05, 0) is 58.8 Å². The average molecular weight is 499 g/mol. The lowest BCUT2D eigenvalue weighted by Gasteiger charge is -2.47. The maximum absolute atomic E-state index is 15.7. The standard InChI is InChI=1S/C26H31FN4O5/c1-13-21(26(8-9-26)36-18-5-3-4-10-34-18)19-16(27)11-28-24-20(19)23(29-13)30-12-15-6-7-17(31(15)25(32)33)22(30)14(2)35-24/h11,14-15,17-18,22H,3-10,12H2,1-2H3,(H,32,33). The van der Waals surface area contributed by atoms with Crippen molar-refractivity contribution in [2.45, 2.75) is 94.9 Å². The summed E-state index contributed by atoms with van der Waals surface area (Å²) in [5.74, 6) is 0.561. The number of nitrogens with zero attached hydrogens (tertiary/aromatic N) is 4. The summed E-state index contributed by atoms with van der Waals surface area (Å²) >= 11 is 0. The topological polar surface area (TPSA) is 97.3 Å². The number of anilines is 1. The molecular formula is C26H31FN4O5. The van der Waals surface area contributed by atoms with Crippen LogP contribution in [0.5, 0.6) is 5.88 Å². The van der Waals surface area contributed by atoms with Crippen molar-refractivity contribution in [2.24, 2.45) is 0 Å². The third kappa shape index (κ3) is 3.16. The van der Waals surface area contributed by atoms with Crippen molar-refractivity contribution in [1.29, 1.82) is 0 Å². The number of carboxylic acid groups (broad SMARTS) is 1. The average Bonchev–Trinajstić information content (AvgIpc) is 3.57. The molecule has 5 aliphatic rings. The van der Waals surface area contributed by atoms with Gasteiger partial charge in [-0.25, -0.2) is 19.2 Å². The zero-order valence-electron chi connectivity index (χ0n) is 20.6. The quantitative estimate of drug-likeness (QED) is 0.676. The third-order valence-electron chi connectivity index (χ3n) is 8.74. The minimum atomic E-state index is -0.900. The first-order valence-electron chi connectivity index (χ1n) is 13.1. The van der Waals surface area contributed by atoms with Crippen molar-refractivity contribution in [1.82, 2.24) is 14.9 Å². The number of fused-ring (bicyclic) bond motifs is 5. The molecule has 0 spiro atoms. The molecule has 3 saturated heterocycles. The van der Waals surface area contributed by atoms with Gasteiger partial charge in [-0.2, -0.15) is 0 Å². The number of carbonyl (C=O) groups is 1. The molecule has 9 nitrogen and oxygen atoms in total. The Morgan fingerprint density at radius 2 is 2.08 bits per heavy atom. The van der Waals surface area contributed by atoms with E-state index in [2.05, 4.69) is 9.88 Å². The summed E-state index contributed by atoms with van der Waals surface area (Å²) in [6, 6.07) is -0.578. The Kier molecular flexibility index (Phi) is 4.92. The number of piperazine rings is 1. The van der Waals surface area contributed by atoms with E-state index in [0.717, 1.165) is 56.2 Å². The van der Waals surface area contributed by atoms with Gasteiger partial charge in [0.15, 0.2) is 6.29 Å². The first kappa shape index (κ1) is 22.5. The van der Waals surface area contributed by atoms with Crippen LogP contribution < -0.4 is 9.64 Å². The first-order chi connectivity index (χ1) is 17.4. The molecule has 10 heteroatoms. The molecule has 2 aromatic heterocycles. The van der Waals surface area contributed by atoms with Gasteiger partial charge >= 0.3 is 6.09 Å². The van der Waals surface area contributed by atoms with E-state index >= 15 is 4.39 Å². The number of aromatic nitrogens is 2. The molecule has 2 aromatic rings. The highest BCUT2D eigenvalue weighted by atomic mass is 19.1. The van der Waals surface area contributed by atoms with Crippen LogP contribution in [0.4, 0.5) is 15.0 Å². The van der Waals surface area contributed by atoms with Gasteiger partial charge in [0.05, 0.1) is 35.3 Å². The second-order valence-electron chi connectivity index (χ2n) is 10.9. The molecule has 0 radical (unpaired) electrons. The van der Waals surface area contributed by atoms with Crippen molar-refractivity contribution >= 4 is 22.7 Å². The molecule has 4 aliphatic heterocycles. The van der Waals surface area contributed by atoms with Crippen LogP contribution in [0.3, 0.4) is 0 Å². The Bertz CT molecular complexity index is 1250. The Morgan fingerprint density at radius 1 is 1.25 bits per heavy atom. The van der Waals surface area contributed by atoms with E-state index in [1.54, 1.807) is 4.90 Å². The zero-order valence-corrected chi connectivity index (χ0v) is 20.6. The van der Waals surface area contributed by atoms with Crippen molar-refractivity contribution in [3.8, 4) is 5.88 Å². The molecule has 1 N–H and O–H groups in total. The van der Waals surface area contributed by atoms with Crippen LogP contribution in [-0.4, -0.2) is 69.7 Å². The van der Waals surface area contributed by atoms with Crippen LogP contribution >= 0.6 is 0 Å². The van der Waals surface area contributed by atoms with Crippen molar-refractivity contribution in [3.63, 3.8) is 0 Å². The largest absolute Gasteiger partial charge is 0.472 e. The van der Waals surface area contributed by atoms with Crippen LogP contribution in [0.1, 0.15) is 63.1 Å². The van der Waals surface area contributed by atoms with Crippen LogP contribution in [0.25, 0.3) is 10.8 Å². The highest BCUT2D eigenvalue weighted by Gasteiger charge is 2.55. The van der Waals surface area contributed by atoms with Crippen LogP contribution in [-0.2, 0) is 15.1 Å². The maximum Gasteiger partial charge on any atom is 0.407 e. The second-order valence-corrected chi connectivity index (χ2v) is 10.9. The third-order valence-corrected chi connectivity index (χ3v) is 8.74. The first-order valence-corrected chi connectivity index (χ1v) is 13.1. The summed E-state index contributed by atoms with van der Waals surface area (Å²) in [4.78, 5) is 25.2. The smallest absolute Gasteiger partial charge is 0.407 e. The lowest BCUT2D eigenvalue weighted by molar-refractivity contribution is -0.199. The SMILES string of the molecule is Cc1nc2c3c(ncc(F)c3c1C1(OC3CCCCO3)CC1)OC(C)C1C3CCC(CN21)N3C(=O)O. The van der Waals surface area contributed by atoms with Crippen LogP contribution in [0.2, 0.25) is 0 Å². The van der Waals surface area contributed by atoms with Crippen LogP contribution in [0.15, 0.2) is 6.20 Å². The van der Waals surface area contributed by atoms with E-state index in [4.69, 9.17) is 19.2 Å². The van der Waals surface area contributed by atoms with Crippen molar-refractivity contribution < 1.29 is 28.5 Å². The van der Waals surface area contributed by atoms with Gasteiger partial charge in [0, 0.05) is 29.8 Å². The van der Waals surface area contributed by atoms with E-state index in [0.29, 0.717) is 35.6 Å². The van der Waals surface area contributed by atoms with Gasteiger partial charge in [0.1, 0.15) is 17.7 Å². The van der Waals surface area contributed by atoms with Gasteiger partial charge in [-0.3, -0.25) is 4.90 Å². The number of amides is 1. The summed E-state index contributed by atoms with van der Waals surface area (Å²) in [5.41, 5.74) is 0.858. The minimum absolute atomic E-state index is 0.127. The van der Waals surface area contributed by atoms with Crippen molar-refractivity contribution in [2.75, 3.05) is 18.1 Å². The lowest BCUT2D eigenvalue weighted by Crippen LogP contribution is -2.64. The van der Waals surface area contributed by atoms with E-state index in [1.165, 1.54) is 6.20 Å². The normalized spacial score (nSPS) is 32.1. The molecule has 1 aliphatic carbocycles. The minimum Gasteiger partial charge on any atom is -0.472 e. The number of ether oxygens (including phenoxy) is 3. The molecular weight excluding hydrogens is 467 g/mol. The number of aryl methyl sites for hydroxylation is 1. The van der Waals surface area contributed by atoms with E-state index < -0.39 is 17.5 Å². The van der Waals surface area contributed by atoms with E-state index in [-0.39, 0.29) is 30.5 Å². The molecule has 192 valence electrons. The Labute approximate surface area is 208 Å². The Balaban J connectivity index is 1.39. The predicted molar refractivity (Wildman–Crippen MR) is 128 cm³/mol. The fourth-order valence-electron chi connectivity index (χ4n) is 7.15. The summed E-state index contributed by atoms with van der Waals surface area (Å²) in [6.07, 6.45) is 5.72. The van der Waals surface area contributed by atoms with Gasteiger partial charge in [-0.15, -0.1) is 0 Å². The summed E-state index contributed by atoms with van der Waals surface area (Å²) < 4.78 is 34.5. The number of halogens is 1. The monoisotopic (exact) mass is 498 g/mol.